The molecule has 0 aliphatic rings. The first kappa shape index (κ1) is 11.8. The van der Waals surface area contributed by atoms with Crippen LogP contribution in [0.4, 0.5) is 0 Å². The molecule has 0 aromatic heterocycles. The van der Waals surface area contributed by atoms with Crippen LogP contribution in [0.3, 0.4) is 0 Å². The maximum atomic E-state index is 11.0. The molecule has 0 amide bonds. The lowest BCUT2D eigenvalue weighted by Gasteiger charge is -2.04. The summed E-state index contributed by atoms with van der Waals surface area (Å²) in [4.78, 5) is 11.0. The van der Waals surface area contributed by atoms with E-state index in [-0.39, 0.29) is 12.5 Å². The molecule has 0 bridgehead atoms. The molecule has 1 aromatic carbocycles. The van der Waals surface area contributed by atoms with Crippen LogP contribution in [0.15, 0.2) is 24.3 Å². The average Bonchev–Trinajstić information content (AvgIpc) is 2.21. The van der Waals surface area contributed by atoms with Crippen LogP contribution in [0.2, 0.25) is 0 Å². The zero-order valence-corrected chi connectivity index (χ0v) is 9.25. The van der Waals surface area contributed by atoms with Gasteiger partial charge in [0.15, 0.2) is 0 Å². The monoisotopic (exact) mass is 205 g/mol. The van der Waals surface area contributed by atoms with Crippen molar-refractivity contribution in [3.05, 3.63) is 29.8 Å². The van der Waals surface area contributed by atoms with E-state index in [0.717, 1.165) is 0 Å². The molecule has 1 N–H and O–H groups in total. The Morgan fingerprint density at radius 1 is 1.40 bits per heavy atom. The zero-order valence-electron chi connectivity index (χ0n) is 9.25. The Balaban J connectivity index is 2.26. The second-order valence-electron chi connectivity index (χ2n) is 3.39. The van der Waals surface area contributed by atoms with Gasteiger partial charge < -0.3 is 10.1 Å². The molecule has 1 rings (SSSR count). The summed E-state index contributed by atoms with van der Waals surface area (Å²) in [6.07, 6.45) is 0. The molecular formula is C11H16BNO2. The summed E-state index contributed by atoms with van der Waals surface area (Å²) >= 11 is 0. The molecule has 1 aromatic rings. The fourth-order valence-electron chi connectivity index (χ4n) is 1.23. The first-order chi connectivity index (χ1) is 7.22. The summed E-state index contributed by atoms with van der Waals surface area (Å²) < 4.78 is 4.80. The van der Waals surface area contributed by atoms with E-state index in [0.29, 0.717) is 13.2 Å². The smallest absolute Gasteiger partial charge is 0.319 e. The molecule has 15 heavy (non-hydrogen) atoms. The van der Waals surface area contributed by atoms with Gasteiger partial charge in [-0.2, -0.15) is 0 Å². The van der Waals surface area contributed by atoms with Crippen LogP contribution in [-0.2, 0) is 16.1 Å². The fourth-order valence-corrected chi connectivity index (χ4v) is 1.23. The standard InChI is InChI=1S/C11H16BNO2/c1-2-15-11(14)8-13-7-9-3-5-10(12)6-4-9/h3-6,13H,2,7-8,12H2,1H3. The number of ether oxygens (including phenoxy) is 1. The molecule has 0 heterocycles. The third-order valence-electron chi connectivity index (χ3n) is 2.02. The van der Waals surface area contributed by atoms with Gasteiger partial charge in [-0.25, -0.2) is 0 Å². The molecule has 4 heteroatoms. The molecular weight excluding hydrogens is 189 g/mol. The Morgan fingerprint density at radius 3 is 2.67 bits per heavy atom. The van der Waals surface area contributed by atoms with Crippen LogP contribution < -0.4 is 10.8 Å². The van der Waals surface area contributed by atoms with Crippen molar-refractivity contribution in [1.82, 2.24) is 5.32 Å². The molecule has 0 spiro atoms. The molecule has 80 valence electrons. The number of hydrogen-bond donors (Lipinski definition) is 1. The summed E-state index contributed by atoms with van der Waals surface area (Å²) in [6, 6.07) is 8.21. The van der Waals surface area contributed by atoms with E-state index < -0.39 is 0 Å². The first-order valence-corrected chi connectivity index (χ1v) is 5.14. The van der Waals surface area contributed by atoms with Crippen molar-refractivity contribution in [3.63, 3.8) is 0 Å². The van der Waals surface area contributed by atoms with Crippen molar-refractivity contribution in [1.29, 1.82) is 0 Å². The van der Waals surface area contributed by atoms with Crippen LogP contribution in [-0.4, -0.2) is 27.0 Å². The third kappa shape index (κ3) is 4.65. The Morgan fingerprint density at radius 2 is 2.07 bits per heavy atom. The Kier molecular flexibility index (Phi) is 4.91. The van der Waals surface area contributed by atoms with Crippen LogP contribution in [0.1, 0.15) is 12.5 Å². The van der Waals surface area contributed by atoms with Crippen LogP contribution >= 0.6 is 0 Å². The second-order valence-corrected chi connectivity index (χ2v) is 3.39. The number of esters is 1. The summed E-state index contributed by atoms with van der Waals surface area (Å²) in [5.74, 6) is -0.204. The first-order valence-electron chi connectivity index (χ1n) is 5.14. The third-order valence-corrected chi connectivity index (χ3v) is 2.02. The van der Waals surface area contributed by atoms with Crippen molar-refractivity contribution >= 4 is 19.3 Å². The van der Waals surface area contributed by atoms with E-state index >= 15 is 0 Å². The molecule has 0 saturated carbocycles. The van der Waals surface area contributed by atoms with Crippen LogP contribution in [0.25, 0.3) is 0 Å². The van der Waals surface area contributed by atoms with Gasteiger partial charge in [-0.15, -0.1) is 0 Å². The lowest BCUT2D eigenvalue weighted by molar-refractivity contribution is -0.142. The summed E-state index contributed by atoms with van der Waals surface area (Å²) in [5, 5.41) is 3.03. The van der Waals surface area contributed by atoms with Crippen molar-refractivity contribution in [3.8, 4) is 0 Å². The average molecular weight is 205 g/mol. The number of carbonyl (C=O) groups excluding carboxylic acids is 1. The Labute approximate surface area is 91.2 Å². The van der Waals surface area contributed by atoms with Gasteiger partial charge in [-0.3, -0.25) is 4.79 Å². The quantitative estimate of drug-likeness (QED) is 0.525. The molecule has 0 unspecified atom stereocenters. The lowest BCUT2D eigenvalue weighted by atomic mass is 9.95. The number of hydrogen-bond acceptors (Lipinski definition) is 3. The number of rotatable bonds is 5. The molecule has 0 fully saturated rings. The van der Waals surface area contributed by atoms with Gasteiger partial charge in [-0.1, -0.05) is 29.7 Å². The number of nitrogens with one attached hydrogen (secondary N) is 1. The number of benzene rings is 1. The predicted molar refractivity (Wildman–Crippen MR) is 63.0 cm³/mol. The van der Waals surface area contributed by atoms with Gasteiger partial charge in [-0.05, 0) is 12.5 Å². The van der Waals surface area contributed by atoms with Crippen molar-refractivity contribution in [2.75, 3.05) is 13.2 Å². The zero-order chi connectivity index (χ0) is 11.1. The molecule has 3 nitrogen and oxygen atoms in total. The van der Waals surface area contributed by atoms with E-state index in [1.807, 2.05) is 12.1 Å². The molecule has 0 atom stereocenters. The normalized spacial score (nSPS) is 9.93. The van der Waals surface area contributed by atoms with Crippen LogP contribution in [0.5, 0.6) is 0 Å². The highest BCUT2D eigenvalue weighted by molar-refractivity contribution is 6.32. The minimum atomic E-state index is -0.204. The van der Waals surface area contributed by atoms with Crippen molar-refractivity contribution in [2.45, 2.75) is 13.5 Å². The molecule has 0 aliphatic carbocycles. The topological polar surface area (TPSA) is 38.3 Å². The van der Waals surface area contributed by atoms with Gasteiger partial charge in [0, 0.05) is 6.54 Å². The maximum Gasteiger partial charge on any atom is 0.319 e. The maximum absolute atomic E-state index is 11.0. The minimum Gasteiger partial charge on any atom is -0.465 e. The van der Waals surface area contributed by atoms with E-state index in [1.165, 1.54) is 11.0 Å². The van der Waals surface area contributed by atoms with Gasteiger partial charge >= 0.3 is 5.97 Å². The highest BCUT2D eigenvalue weighted by Gasteiger charge is 1.99. The Bertz CT molecular complexity index is 311. The molecule has 0 radical (unpaired) electrons. The van der Waals surface area contributed by atoms with E-state index in [4.69, 9.17) is 4.74 Å². The van der Waals surface area contributed by atoms with Gasteiger partial charge in [0.25, 0.3) is 0 Å². The lowest BCUT2D eigenvalue weighted by Crippen LogP contribution is -2.24. The van der Waals surface area contributed by atoms with Crippen molar-refractivity contribution < 1.29 is 9.53 Å². The largest absolute Gasteiger partial charge is 0.465 e. The second kappa shape index (κ2) is 6.25. The summed E-state index contributed by atoms with van der Waals surface area (Å²) in [6.45, 7) is 3.20. The molecule has 0 aliphatic heterocycles. The van der Waals surface area contributed by atoms with Gasteiger partial charge in [0.05, 0.1) is 13.2 Å². The highest BCUT2D eigenvalue weighted by Crippen LogP contribution is 1.95. The SMILES string of the molecule is Bc1ccc(CNCC(=O)OCC)cc1. The molecule has 0 saturated heterocycles. The fraction of sp³-hybridized carbons (Fsp3) is 0.364. The van der Waals surface area contributed by atoms with E-state index in [9.17, 15) is 4.79 Å². The van der Waals surface area contributed by atoms with Gasteiger partial charge in [0.1, 0.15) is 7.85 Å². The minimum absolute atomic E-state index is 0.204. The Hall–Kier alpha value is -1.29. The van der Waals surface area contributed by atoms with Crippen molar-refractivity contribution in [2.24, 2.45) is 0 Å². The van der Waals surface area contributed by atoms with Gasteiger partial charge in [0.2, 0.25) is 0 Å². The predicted octanol–water partition coefficient (Wildman–Crippen LogP) is -0.402. The summed E-state index contributed by atoms with van der Waals surface area (Å²) in [5.41, 5.74) is 2.41. The van der Waals surface area contributed by atoms with Crippen LogP contribution in [0, 0.1) is 0 Å². The number of carbonyl (C=O) groups is 1. The highest BCUT2D eigenvalue weighted by atomic mass is 16.5. The summed E-state index contributed by atoms with van der Waals surface area (Å²) in [7, 11) is 2.05. The van der Waals surface area contributed by atoms with E-state index in [1.54, 1.807) is 6.92 Å². The van der Waals surface area contributed by atoms with E-state index in [2.05, 4.69) is 25.3 Å².